The molecule has 0 unspecified atom stereocenters. The summed E-state index contributed by atoms with van der Waals surface area (Å²) >= 11 is 3.64. The Hall–Kier alpha value is -1.26. The number of hydrogen-bond acceptors (Lipinski definition) is 4. The van der Waals surface area contributed by atoms with Crippen molar-refractivity contribution in [2.24, 2.45) is 0 Å². The van der Waals surface area contributed by atoms with Gasteiger partial charge in [-0.3, -0.25) is 9.97 Å². The van der Waals surface area contributed by atoms with E-state index in [2.05, 4.69) is 22.1 Å². The largest absolute Gasteiger partial charge is 0.265 e. The standard InChI is InChI=1S/C14H14N2S2/c1(11-17-13-3-7-15-8-4-13)2-12-18-14-5-9-16-10-6-14/h1-10H,11-12H2/b2-1-. The Morgan fingerprint density at radius 3 is 1.50 bits per heavy atom. The summed E-state index contributed by atoms with van der Waals surface area (Å²) in [4.78, 5) is 10.5. The van der Waals surface area contributed by atoms with E-state index in [9.17, 15) is 0 Å². The van der Waals surface area contributed by atoms with E-state index in [0.717, 1.165) is 11.5 Å². The van der Waals surface area contributed by atoms with Crippen LogP contribution in [-0.2, 0) is 0 Å². The van der Waals surface area contributed by atoms with Crippen LogP contribution in [0.25, 0.3) is 0 Å². The number of pyridine rings is 2. The zero-order chi connectivity index (χ0) is 12.5. The molecule has 2 rings (SSSR count). The van der Waals surface area contributed by atoms with E-state index < -0.39 is 0 Å². The highest BCUT2D eigenvalue weighted by molar-refractivity contribution is 7.99. The SMILES string of the molecule is C(=C/CSc1ccncc1)/CSc1ccncc1. The molecule has 0 bridgehead atoms. The third-order valence-corrected chi connectivity index (χ3v) is 4.09. The van der Waals surface area contributed by atoms with E-state index >= 15 is 0 Å². The topological polar surface area (TPSA) is 25.8 Å². The number of hydrogen-bond donors (Lipinski definition) is 0. The molecule has 0 N–H and O–H groups in total. The van der Waals surface area contributed by atoms with Gasteiger partial charge in [-0.1, -0.05) is 12.2 Å². The fraction of sp³-hybridized carbons (Fsp3) is 0.143. The lowest BCUT2D eigenvalue weighted by Gasteiger charge is -1.97. The van der Waals surface area contributed by atoms with Crippen molar-refractivity contribution in [3.05, 3.63) is 61.2 Å². The minimum absolute atomic E-state index is 1.00. The highest BCUT2D eigenvalue weighted by atomic mass is 32.2. The van der Waals surface area contributed by atoms with Crippen LogP contribution in [-0.4, -0.2) is 21.5 Å². The molecule has 0 atom stereocenters. The predicted octanol–water partition coefficient (Wildman–Crippen LogP) is 3.92. The summed E-state index contributed by atoms with van der Waals surface area (Å²) in [7, 11) is 0. The van der Waals surface area contributed by atoms with Crippen LogP contribution in [0.2, 0.25) is 0 Å². The van der Waals surface area contributed by atoms with Gasteiger partial charge < -0.3 is 0 Å². The second-order valence-electron chi connectivity index (χ2n) is 3.46. The summed E-state index contributed by atoms with van der Waals surface area (Å²) in [6.07, 6.45) is 11.7. The predicted molar refractivity (Wildman–Crippen MR) is 79.1 cm³/mol. The maximum Gasteiger partial charge on any atom is 0.0278 e. The average Bonchev–Trinajstić information content (AvgIpc) is 2.45. The van der Waals surface area contributed by atoms with Gasteiger partial charge in [-0.05, 0) is 24.3 Å². The van der Waals surface area contributed by atoms with Gasteiger partial charge >= 0.3 is 0 Å². The average molecular weight is 274 g/mol. The Morgan fingerprint density at radius 2 is 1.11 bits per heavy atom. The van der Waals surface area contributed by atoms with Crippen LogP contribution in [0.3, 0.4) is 0 Å². The fourth-order valence-corrected chi connectivity index (χ4v) is 2.77. The van der Waals surface area contributed by atoms with Gasteiger partial charge in [0.15, 0.2) is 0 Å². The molecule has 0 aliphatic rings. The maximum absolute atomic E-state index is 4.00. The molecular formula is C14H14N2S2. The van der Waals surface area contributed by atoms with Gasteiger partial charge in [0.05, 0.1) is 0 Å². The summed E-state index contributed by atoms with van der Waals surface area (Å²) in [6.45, 7) is 0. The lowest BCUT2D eigenvalue weighted by atomic mass is 10.5. The molecular weight excluding hydrogens is 260 g/mol. The molecule has 0 saturated carbocycles. The second kappa shape index (κ2) is 7.95. The summed E-state index contributed by atoms with van der Waals surface area (Å²) in [5.74, 6) is 2.00. The monoisotopic (exact) mass is 274 g/mol. The lowest BCUT2D eigenvalue weighted by molar-refractivity contribution is 1.26. The number of aromatic nitrogens is 2. The zero-order valence-corrected chi connectivity index (χ0v) is 11.5. The molecule has 0 aromatic carbocycles. The molecule has 18 heavy (non-hydrogen) atoms. The second-order valence-corrected chi connectivity index (χ2v) is 5.65. The lowest BCUT2D eigenvalue weighted by Crippen LogP contribution is -1.77. The summed E-state index contributed by atoms with van der Waals surface area (Å²) in [5.41, 5.74) is 0. The Kier molecular flexibility index (Phi) is 5.82. The van der Waals surface area contributed by atoms with Crippen LogP contribution >= 0.6 is 23.5 Å². The third-order valence-electron chi connectivity index (χ3n) is 2.16. The van der Waals surface area contributed by atoms with Crippen LogP contribution in [0.1, 0.15) is 0 Å². The van der Waals surface area contributed by atoms with Crippen LogP contribution in [0.15, 0.2) is 71.0 Å². The van der Waals surface area contributed by atoms with Gasteiger partial charge in [-0.25, -0.2) is 0 Å². The van der Waals surface area contributed by atoms with Crippen LogP contribution in [0.5, 0.6) is 0 Å². The van der Waals surface area contributed by atoms with E-state index in [1.165, 1.54) is 9.79 Å². The summed E-state index contributed by atoms with van der Waals surface area (Å²) in [5, 5.41) is 0. The smallest absolute Gasteiger partial charge is 0.0278 e. The molecule has 0 aliphatic carbocycles. The molecule has 0 spiro atoms. The maximum atomic E-state index is 4.00. The van der Waals surface area contributed by atoms with Crippen LogP contribution in [0, 0.1) is 0 Å². The Morgan fingerprint density at radius 1 is 0.722 bits per heavy atom. The van der Waals surface area contributed by atoms with E-state index in [1.54, 1.807) is 0 Å². The Balaban J connectivity index is 1.64. The van der Waals surface area contributed by atoms with Gasteiger partial charge in [-0.2, -0.15) is 0 Å². The molecule has 0 saturated heterocycles. The first-order valence-electron chi connectivity index (χ1n) is 5.66. The molecule has 2 aromatic rings. The molecule has 92 valence electrons. The minimum Gasteiger partial charge on any atom is -0.265 e. The van der Waals surface area contributed by atoms with E-state index in [-0.39, 0.29) is 0 Å². The normalized spacial score (nSPS) is 10.9. The van der Waals surface area contributed by atoms with Crippen molar-refractivity contribution < 1.29 is 0 Å². The summed E-state index contributed by atoms with van der Waals surface area (Å²) < 4.78 is 0. The number of thioether (sulfide) groups is 2. The van der Waals surface area contributed by atoms with Gasteiger partial charge in [0.2, 0.25) is 0 Å². The highest BCUT2D eigenvalue weighted by Gasteiger charge is 1.90. The van der Waals surface area contributed by atoms with Crippen molar-refractivity contribution in [1.29, 1.82) is 0 Å². The quantitative estimate of drug-likeness (QED) is 0.589. The number of nitrogens with zero attached hydrogens (tertiary/aromatic N) is 2. The molecule has 2 aromatic heterocycles. The molecule has 4 heteroatoms. The van der Waals surface area contributed by atoms with Crippen molar-refractivity contribution in [2.75, 3.05) is 11.5 Å². The first-order chi connectivity index (χ1) is 8.95. The molecule has 0 aliphatic heterocycles. The molecule has 2 nitrogen and oxygen atoms in total. The van der Waals surface area contributed by atoms with Gasteiger partial charge in [-0.15, -0.1) is 23.5 Å². The first kappa shape index (κ1) is 13.2. The third kappa shape index (κ3) is 4.94. The first-order valence-corrected chi connectivity index (χ1v) is 7.63. The minimum atomic E-state index is 1.00. The van der Waals surface area contributed by atoms with Crippen molar-refractivity contribution >= 4 is 23.5 Å². The van der Waals surface area contributed by atoms with Gasteiger partial charge in [0.25, 0.3) is 0 Å². The highest BCUT2D eigenvalue weighted by Crippen LogP contribution is 2.18. The Bertz CT molecular complexity index is 426. The van der Waals surface area contributed by atoms with E-state index in [1.807, 2.05) is 72.6 Å². The van der Waals surface area contributed by atoms with Crippen molar-refractivity contribution in [3.63, 3.8) is 0 Å². The summed E-state index contributed by atoms with van der Waals surface area (Å²) in [6, 6.07) is 8.13. The van der Waals surface area contributed by atoms with Crippen LogP contribution < -0.4 is 0 Å². The van der Waals surface area contributed by atoms with Crippen molar-refractivity contribution in [2.45, 2.75) is 9.79 Å². The van der Waals surface area contributed by atoms with E-state index in [4.69, 9.17) is 0 Å². The van der Waals surface area contributed by atoms with Crippen molar-refractivity contribution in [1.82, 2.24) is 9.97 Å². The molecule has 0 amide bonds. The number of rotatable bonds is 6. The van der Waals surface area contributed by atoms with Crippen LogP contribution in [0.4, 0.5) is 0 Å². The molecule has 0 fully saturated rings. The Labute approximate surface area is 116 Å². The van der Waals surface area contributed by atoms with Gasteiger partial charge in [0.1, 0.15) is 0 Å². The zero-order valence-electron chi connectivity index (χ0n) is 9.90. The fourth-order valence-electron chi connectivity index (χ4n) is 1.29. The van der Waals surface area contributed by atoms with Gasteiger partial charge in [0, 0.05) is 46.1 Å². The molecule has 0 radical (unpaired) electrons. The van der Waals surface area contributed by atoms with Crippen molar-refractivity contribution in [3.8, 4) is 0 Å². The molecule has 2 heterocycles. The van der Waals surface area contributed by atoms with E-state index in [0.29, 0.717) is 0 Å².